The fourth-order valence-corrected chi connectivity index (χ4v) is 13.1. The molecule has 0 saturated heterocycles. The van der Waals surface area contributed by atoms with Crippen molar-refractivity contribution < 1.29 is 0 Å². The molecule has 1 aromatic heterocycles. The molecule has 4 nitrogen and oxygen atoms in total. The van der Waals surface area contributed by atoms with Gasteiger partial charge in [-0.2, -0.15) is 5.26 Å². The first-order chi connectivity index (χ1) is 27.1. The number of aromatic nitrogens is 3. The highest BCUT2D eigenvalue weighted by Crippen LogP contribution is 2.55. The second-order valence-corrected chi connectivity index (χ2v) is 19.4. The van der Waals surface area contributed by atoms with Crippen molar-refractivity contribution in [2.75, 3.05) is 0 Å². The molecule has 4 heteroatoms. The second kappa shape index (κ2) is 13.7. The molecule has 0 radical (unpaired) electrons. The average Bonchev–Trinajstić information content (AvgIpc) is 3.19. The van der Waals surface area contributed by atoms with Crippen LogP contribution in [0.3, 0.4) is 0 Å². The van der Waals surface area contributed by atoms with Crippen molar-refractivity contribution in [1.82, 2.24) is 15.0 Å². The summed E-state index contributed by atoms with van der Waals surface area (Å²) >= 11 is 0. The van der Waals surface area contributed by atoms with E-state index in [2.05, 4.69) is 119 Å². The average molecular weight is 735 g/mol. The Bertz CT molecular complexity index is 2350. The summed E-state index contributed by atoms with van der Waals surface area (Å²) in [6.07, 6.45) is 13.4. The first-order valence-corrected chi connectivity index (χ1v) is 21.5. The molecule has 0 N–H and O–H groups in total. The minimum absolute atomic E-state index is 0.285. The van der Waals surface area contributed by atoms with Crippen LogP contribution in [0.2, 0.25) is 0 Å². The molecule has 0 spiro atoms. The Balaban J connectivity index is 1.05. The molecule has 282 valence electrons. The highest BCUT2D eigenvalue weighted by molar-refractivity contribution is 6.08. The van der Waals surface area contributed by atoms with Crippen molar-refractivity contribution in [2.24, 2.45) is 35.5 Å². The van der Waals surface area contributed by atoms with E-state index in [0.29, 0.717) is 11.4 Å². The van der Waals surface area contributed by atoms with Crippen molar-refractivity contribution in [3.8, 4) is 40.2 Å². The summed E-state index contributed by atoms with van der Waals surface area (Å²) in [6, 6.07) is 37.6. The van der Waals surface area contributed by atoms with Gasteiger partial charge in [0.15, 0.2) is 17.5 Å². The molecule has 4 aliphatic rings. The van der Waals surface area contributed by atoms with Crippen molar-refractivity contribution >= 4 is 21.5 Å². The number of hydrogen-bond donors (Lipinski definition) is 0. The van der Waals surface area contributed by atoms with E-state index < -0.39 is 0 Å². The molecule has 5 aromatic carbocycles. The van der Waals surface area contributed by atoms with E-state index in [9.17, 15) is 5.26 Å². The molecule has 8 atom stereocenters. The van der Waals surface area contributed by atoms with Crippen LogP contribution in [0.5, 0.6) is 0 Å². The second-order valence-electron chi connectivity index (χ2n) is 19.4. The van der Waals surface area contributed by atoms with Gasteiger partial charge in [-0.3, -0.25) is 0 Å². The van der Waals surface area contributed by atoms with Gasteiger partial charge in [0.25, 0.3) is 0 Å². The molecule has 4 fully saturated rings. The first-order valence-electron chi connectivity index (χ1n) is 21.5. The SMILES string of the molecule is C[C@@H]1CC2C[C@H](C)CC(c3ccc(-c4nc(-c5ccc(C67CC(C[C@@H](C)C6)C[C@H](C)C7)cc5)nc(-c5ccc6c(ccc7cc(C#N)ccc76)c5)n4)cc3)(C2)C1. The number of nitrogens with zero attached hydrogens (tertiary/aromatic N) is 4. The topological polar surface area (TPSA) is 62.5 Å². The van der Waals surface area contributed by atoms with Gasteiger partial charge in [0.2, 0.25) is 0 Å². The fraction of sp³-hybridized carbons (Fsp3) is 0.423. The van der Waals surface area contributed by atoms with E-state index in [-0.39, 0.29) is 10.8 Å². The van der Waals surface area contributed by atoms with Gasteiger partial charge < -0.3 is 0 Å². The number of benzene rings is 5. The van der Waals surface area contributed by atoms with Gasteiger partial charge in [0, 0.05) is 16.7 Å². The van der Waals surface area contributed by atoms with Crippen molar-refractivity contribution in [2.45, 2.75) is 103 Å². The highest BCUT2D eigenvalue weighted by Gasteiger charge is 2.46. The Morgan fingerprint density at radius 1 is 0.464 bits per heavy atom. The van der Waals surface area contributed by atoms with Gasteiger partial charge in [0.05, 0.1) is 11.6 Å². The lowest BCUT2D eigenvalue weighted by Gasteiger charge is -2.50. The number of nitriles is 1. The molecule has 0 amide bonds. The quantitative estimate of drug-likeness (QED) is 0.165. The minimum Gasteiger partial charge on any atom is -0.208 e. The van der Waals surface area contributed by atoms with Crippen LogP contribution in [0, 0.1) is 46.8 Å². The summed E-state index contributed by atoms with van der Waals surface area (Å²) in [5.74, 6) is 6.93. The lowest BCUT2D eigenvalue weighted by molar-refractivity contribution is 0.0779. The number of rotatable bonds is 5. The van der Waals surface area contributed by atoms with E-state index >= 15 is 0 Å². The van der Waals surface area contributed by atoms with Gasteiger partial charge in [0.1, 0.15) is 0 Å². The Morgan fingerprint density at radius 2 is 0.857 bits per heavy atom. The van der Waals surface area contributed by atoms with Crippen LogP contribution in [-0.4, -0.2) is 15.0 Å². The van der Waals surface area contributed by atoms with Crippen LogP contribution in [-0.2, 0) is 10.8 Å². The summed E-state index contributed by atoms with van der Waals surface area (Å²) in [7, 11) is 0. The van der Waals surface area contributed by atoms with Crippen molar-refractivity contribution in [3.63, 3.8) is 0 Å². The van der Waals surface area contributed by atoms with E-state index in [1.807, 2.05) is 12.1 Å². The number of fused-ring (bicyclic) bond motifs is 7. The summed E-state index contributed by atoms with van der Waals surface area (Å²) in [4.78, 5) is 15.6. The lowest BCUT2D eigenvalue weighted by atomic mass is 9.54. The lowest BCUT2D eigenvalue weighted by Crippen LogP contribution is -2.42. The van der Waals surface area contributed by atoms with Crippen LogP contribution in [0.15, 0.2) is 97.1 Å². The zero-order chi connectivity index (χ0) is 38.2. The predicted molar refractivity (Wildman–Crippen MR) is 229 cm³/mol. The molecule has 10 rings (SSSR count). The van der Waals surface area contributed by atoms with Crippen molar-refractivity contribution in [3.05, 3.63) is 114 Å². The van der Waals surface area contributed by atoms with Gasteiger partial charge in [-0.1, -0.05) is 107 Å². The molecule has 1 heterocycles. The molecular weight excluding hydrogens is 681 g/mol. The smallest absolute Gasteiger partial charge is 0.164 e. The first kappa shape index (κ1) is 35.5. The Hall–Kier alpha value is -4.88. The zero-order valence-electron chi connectivity index (χ0n) is 33.6. The fourth-order valence-electron chi connectivity index (χ4n) is 13.1. The molecular formula is C52H54N4. The molecule has 0 aliphatic heterocycles. The largest absolute Gasteiger partial charge is 0.208 e. The van der Waals surface area contributed by atoms with Crippen LogP contribution < -0.4 is 0 Å². The minimum atomic E-state index is 0.285. The molecule has 4 unspecified atom stereocenters. The normalized spacial score (nSPS) is 29.9. The summed E-state index contributed by atoms with van der Waals surface area (Å²) in [5.41, 5.74) is 7.28. The monoisotopic (exact) mass is 734 g/mol. The van der Waals surface area contributed by atoms with E-state index in [4.69, 9.17) is 15.0 Å². The zero-order valence-corrected chi connectivity index (χ0v) is 33.6. The van der Waals surface area contributed by atoms with Crippen LogP contribution >= 0.6 is 0 Å². The Morgan fingerprint density at radius 3 is 1.30 bits per heavy atom. The maximum Gasteiger partial charge on any atom is 0.164 e. The van der Waals surface area contributed by atoms with Gasteiger partial charge in [-0.25, -0.2) is 15.0 Å². The van der Waals surface area contributed by atoms with E-state index in [1.54, 1.807) is 0 Å². The van der Waals surface area contributed by atoms with Gasteiger partial charge in [-0.15, -0.1) is 0 Å². The molecule has 4 aliphatic carbocycles. The van der Waals surface area contributed by atoms with Crippen molar-refractivity contribution in [1.29, 1.82) is 5.26 Å². The Labute approximate surface area is 332 Å². The van der Waals surface area contributed by atoms with E-state index in [1.165, 1.54) is 75.3 Å². The summed E-state index contributed by atoms with van der Waals surface area (Å²) in [6.45, 7) is 9.86. The third kappa shape index (κ3) is 6.32. The third-order valence-electron chi connectivity index (χ3n) is 14.6. The Kier molecular flexibility index (Phi) is 8.66. The molecule has 56 heavy (non-hydrogen) atoms. The standard InChI is InChI=1S/C52H54N4/c1-32-19-37-20-33(2)26-51(25-32,29-37)44-13-8-39(9-14-44)48-54-49(40-10-15-45(16-11-40)52-27-34(3)21-38(30-52)22-35(4)28-52)56-50(55-48)43-12-18-47-42(24-43)7-6-41-23-36(31-53)5-17-46(41)47/h5-18,23-24,32-35,37-38H,19-22,25-30H2,1-4H3/t32-,33+,34-,35+,37?,38?,51?,52?. The number of hydrogen-bond acceptors (Lipinski definition) is 4. The van der Waals surface area contributed by atoms with Crippen LogP contribution in [0.4, 0.5) is 0 Å². The molecule has 6 aromatic rings. The van der Waals surface area contributed by atoms with E-state index in [0.717, 1.165) is 85.4 Å². The van der Waals surface area contributed by atoms with Crippen LogP contribution in [0.1, 0.15) is 109 Å². The summed E-state index contributed by atoms with van der Waals surface area (Å²) < 4.78 is 0. The van der Waals surface area contributed by atoms with Gasteiger partial charge >= 0.3 is 0 Å². The third-order valence-corrected chi connectivity index (χ3v) is 14.6. The van der Waals surface area contributed by atoms with Gasteiger partial charge in [-0.05, 0) is 161 Å². The highest BCUT2D eigenvalue weighted by atomic mass is 15.0. The summed E-state index contributed by atoms with van der Waals surface area (Å²) in [5, 5.41) is 14.0. The van der Waals surface area contributed by atoms with Crippen LogP contribution in [0.25, 0.3) is 55.7 Å². The maximum absolute atomic E-state index is 9.47. The molecule has 4 saturated carbocycles. The maximum atomic E-state index is 9.47. The predicted octanol–water partition coefficient (Wildman–Crippen LogP) is 13.3. The molecule has 4 bridgehead atoms.